The molecular weight excluding hydrogens is 160 g/mol. The van der Waals surface area contributed by atoms with Crippen molar-refractivity contribution in [3.05, 3.63) is 12.7 Å². The van der Waals surface area contributed by atoms with Crippen molar-refractivity contribution in [1.29, 1.82) is 0 Å². The molecule has 1 aliphatic heterocycles. The second-order valence-corrected chi connectivity index (χ2v) is 4.62. The second-order valence-electron chi connectivity index (χ2n) is 4.62. The van der Waals surface area contributed by atoms with Gasteiger partial charge in [0.25, 0.3) is 0 Å². The number of hydrogen-bond acceptors (Lipinski definition) is 1. The molecule has 13 heavy (non-hydrogen) atoms. The average molecular weight is 180 g/mol. The van der Waals surface area contributed by atoms with Gasteiger partial charge < -0.3 is 4.74 Å². The van der Waals surface area contributed by atoms with Crippen LogP contribution in [0.5, 0.6) is 0 Å². The molecule has 1 nitrogen and oxygen atoms in total. The van der Waals surface area contributed by atoms with Gasteiger partial charge in [-0.2, -0.15) is 0 Å². The molecular formula is C12H20O. The lowest BCUT2D eigenvalue weighted by molar-refractivity contribution is -0.0919. The summed E-state index contributed by atoms with van der Waals surface area (Å²) in [6.45, 7) is 4.81. The van der Waals surface area contributed by atoms with Crippen LogP contribution in [0.2, 0.25) is 0 Å². The maximum absolute atomic E-state index is 5.97. The van der Waals surface area contributed by atoms with Crippen molar-refractivity contribution in [2.75, 3.05) is 6.61 Å². The third-order valence-electron chi connectivity index (χ3n) is 3.61. The van der Waals surface area contributed by atoms with Crippen LogP contribution >= 0.6 is 0 Å². The van der Waals surface area contributed by atoms with E-state index < -0.39 is 0 Å². The van der Waals surface area contributed by atoms with E-state index in [0.29, 0.717) is 5.60 Å². The Bertz CT molecular complexity index is 180. The van der Waals surface area contributed by atoms with Crippen LogP contribution in [0.25, 0.3) is 0 Å². The first-order valence-corrected chi connectivity index (χ1v) is 5.59. The third-order valence-corrected chi connectivity index (χ3v) is 3.61. The molecule has 0 bridgehead atoms. The molecule has 1 heterocycles. The first-order valence-electron chi connectivity index (χ1n) is 5.59. The summed E-state index contributed by atoms with van der Waals surface area (Å²) >= 11 is 0. The molecule has 0 aromatic rings. The summed E-state index contributed by atoms with van der Waals surface area (Å²) in [5.41, 5.74) is 0.298. The SMILES string of the molecule is C=CCC1CCOC2(CCCC2)C1. The molecule has 0 aromatic heterocycles. The van der Waals surface area contributed by atoms with Crippen molar-refractivity contribution in [1.82, 2.24) is 0 Å². The van der Waals surface area contributed by atoms with Gasteiger partial charge in [0.1, 0.15) is 0 Å². The lowest BCUT2D eigenvalue weighted by Gasteiger charge is -2.38. The standard InChI is InChI=1S/C12H20O/c1-2-5-11-6-9-13-12(10-11)7-3-4-8-12/h2,11H,1,3-10H2. The van der Waals surface area contributed by atoms with E-state index in [1.807, 2.05) is 0 Å². The van der Waals surface area contributed by atoms with Crippen molar-refractivity contribution in [3.63, 3.8) is 0 Å². The fourth-order valence-electron chi connectivity index (χ4n) is 2.93. The van der Waals surface area contributed by atoms with Gasteiger partial charge in [0.2, 0.25) is 0 Å². The monoisotopic (exact) mass is 180 g/mol. The molecule has 1 unspecified atom stereocenters. The summed E-state index contributed by atoms with van der Waals surface area (Å²) in [6.07, 6.45) is 11.2. The van der Waals surface area contributed by atoms with Gasteiger partial charge in [0.05, 0.1) is 5.60 Å². The summed E-state index contributed by atoms with van der Waals surface area (Å²) in [5.74, 6) is 0.851. The second kappa shape index (κ2) is 3.83. The van der Waals surface area contributed by atoms with Gasteiger partial charge in [0, 0.05) is 6.61 Å². The maximum Gasteiger partial charge on any atom is 0.0685 e. The third kappa shape index (κ3) is 1.96. The van der Waals surface area contributed by atoms with Gasteiger partial charge in [-0.05, 0) is 38.0 Å². The van der Waals surface area contributed by atoms with Crippen LogP contribution in [0.15, 0.2) is 12.7 Å². The summed E-state index contributed by atoms with van der Waals surface area (Å²) in [6, 6.07) is 0. The Balaban J connectivity index is 1.94. The van der Waals surface area contributed by atoms with Crippen molar-refractivity contribution in [2.24, 2.45) is 5.92 Å². The first kappa shape index (κ1) is 9.26. The Morgan fingerprint density at radius 2 is 2.15 bits per heavy atom. The minimum atomic E-state index is 0.298. The quantitative estimate of drug-likeness (QED) is 0.592. The molecule has 1 saturated carbocycles. The molecule has 0 aromatic carbocycles. The zero-order valence-corrected chi connectivity index (χ0v) is 8.43. The molecule has 0 N–H and O–H groups in total. The van der Waals surface area contributed by atoms with Crippen molar-refractivity contribution < 1.29 is 4.74 Å². The molecule has 1 saturated heterocycles. The van der Waals surface area contributed by atoms with Gasteiger partial charge >= 0.3 is 0 Å². The van der Waals surface area contributed by atoms with E-state index in [9.17, 15) is 0 Å². The summed E-state index contributed by atoms with van der Waals surface area (Å²) in [4.78, 5) is 0. The highest BCUT2D eigenvalue weighted by molar-refractivity contribution is 4.92. The molecule has 0 amide bonds. The maximum atomic E-state index is 5.97. The predicted molar refractivity (Wildman–Crippen MR) is 54.7 cm³/mol. The fraction of sp³-hybridized carbons (Fsp3) is 0.833. The highest BCUT2D eigenvalue weighted by Gasteiger charge is 2.39. The molecule has 1 aliphatic carbocycles. The van der Waals surface area contributed by atoms with E-state index in [-0.39, 0.29) is 0 Å². The molecule has 1 atom stereocenters. The van der Waals surface area contributed by atoms with Crippen LogP contribution in [0.3, 0.4) is 0 Å². The smallest absolute Gasteiger partial charge is 0.0685 e. The van der Waals surface area contributed by atoms with Gasteiger partial charge in [-0.1, -0.05) is 18.9 Å². The highest BCUT2D eigenvalue weighted by Crippen LogP contribution is 2.42. The Hall–Kier alpha value is -0.300. The van der Waals surface area contributed by atoms with Crippen LogP contribution in [0.1, 0.15) is 44.9 Å². The number of hydrogen-bond donors (Lipinski definition) is 0. The zero-order valence-electron chi connectivity index (χ0n) is 8.43. The summed E-state index contributed by atoms with van der Waals surface area (Å²) in [5, 5.41) is 0. The normalized spacial score (nSPS) is 32.2. The molecule has 2 aliphatic rings. The molecule has 2 rings (SSSR count). The van der Waals surface area contributed by atoms with E-state index in [4.69, 9.17) is 4.74 Å². The first-order chi connectivity index (χ1) is 6.35. The van der Waals surface area contributed by atoms with Crippen LogP contribution in [-0.4, -0.2) is 12.2 Å². The Morgan fingerprint density at radius 1 is 1.38 bits per heavy atom. The van der Waals surface area contributed by atoms with Gasteiger partial charge in [-0.25, -0.2) is 0 Å². The van der Waals surface area contributed by atoms with E-state index in [1.54, 1.807) is 0 Å². The zero-order chi connectivity index (χ0) is 9.15. The molecule has 0 radical (unpaired) electrons. The topological polar surface area (TPSA) is 9.23 Å². The Morgan fingerprint density at radius 3 is 2.85 bits per heavy atom. The average Bonchev–Trinajstić information content (AvgIpc) is 2.54. The number of ether oxygens (including phenoxy) is 1. The summed E-state index contributed by atoms with van der Waals surface area (Å²) < 4.78 is 5.97. The Labute approximate surface area is 81.2 Å². The van der Waals surface area contributed by atoms with E-state index in [1.165, 1.54) is 44.9 Å². The highest BCUT2D eigenvalue weighted by atomic mass is 16.5. The lowest BCUT2D eigenvalue weighted by atomic mass is 9.83. The lowest BCUT2D eigenvalue weighted by Crippen LogP contribution is -2.37. The number of allylic oxidation sites excluding steroid dienone is 1. The summed E-state index contributed by atoms with van der Waals surface area (Å²) in [7, 11) is 0. The molecule has 1 spiro atoms. The fourth-order valence-corrected chi connectivity index (χ4v) is 2.93. The van der Waals surface area contributed by atoms with Gasteiger partial charge in [-0.15, -0.1) is 6.58 Å². The van der Waals surface area contributed by atoms with E-state index in [0.717, 1.165) is 12.5 Å². The van der Waals surface area contributed by atoms with Gasteiger partial charge in [-0.3, -0.25) is 0 Å². The Kier molecular flexibility index (Phi) is 2.73. The van der Waals surface area contributed by atoms with Gasteiger partial charge in [0.15, 0.2) is 0 Å². The minimum absolute atomic E-state index is 0.298. The number of rotatable bonds is 2. The molecule has 74 valence electrons. The molecule has 1 heteroatoms. The van der Waals surface area contributed by atoms with Crippen LogP contribution < -0.4 is 0 Å². The molecule has 2 fully saturated rings. The predicted octanol–water partition coefficient (Wildman–Crippen LogP) is 3.30. The largest absolute Gasteiger partial charge is 0.375 e. The minimum Gasteiger partial charge on any atom is -0.375 e. The van der Waals surface area contributed by atoms with Crippen molar-refractivity contribution >= 4 is 0 Å². The van der Waals surface area contributed by atoms with Crippen LogP contribution in [0, 0.1) is 5.92 Å². The van der Waals surface area contributed by atoms with Crippen LogP contribution in [-0.2, 0) is 4.74 Å². The van der Waals surface area contributed by atoms with E-state index >= 15 is 0 Å². The van der Waals surface area contributed by atoms with Crippen LogP contribution in [0.4, 0.5) is 0 Å². The van der Waals surface area contributed by atoms with E-state index in [2.05, 4.69) is 12.7 Å². The van der Waals surface area contributed by atoms with Crippen molar-refractivity contribution in [2.45, 2.75) is 50.5 Å². The van der Waals surface area contributed by atoms with Crippen molar-refractivity contribution in [3.8, 4) is 0 Å².